The van der Waals surface area contributed by atoms with E-state index in [4.69, 9.17) is 4.84 Å². The molecule has 0 unspecified atom stereocenters. The molecule has 1 aliphatic heterocycles. The molecule has 1 amide bonds. The van der Waals surface area contributed by atoms with Crippen LogP contribution in [0.1, 0.15) is 25.8 Å². The minimum Gasteiger partial charge on any atom is -0.467 e. The molecule has 1 aromatic carbocycles. The molecule has 6 nitrogen and oxygen atoms in total. The third-order valence-corrected chi connectivity index (χ3v) is 3.34. The molecule has 8 heteroatoms. The Bertz CT molecular complexity index is 653. The molecule has 0 fully saturated rings. The van der Waals surface area contributed by atoms with Crippen molar-refractivity contribution in [1.29, 1.82) is 0 Å². The molecule has 0 spiro atoms. The van der Waals surface area contributed by atoms with Crippen LogP contribution in [-0.2, 0) is 19.2 Å². The van der Waals surface area contributed by atoms with Gasteiger partial charge in [0.2, 0.25) is 6.10 Å². The van der Waals surface area contributed by atoms with Crippen LogP contribution in [0.15, 0.2) is 23.4 Å². The minimum atomic E-state index is -1.26. The van der Waals surface area contributed by atoms with Gasteiger partial charge in [-0.1, -0.05) is 11.2 Å². The summed E-state index contributed by atoms with van der Waals surface area (Å²) in [6.45, 7) is 2.92. The van der Waals surface area contributed by atoms with Crippen LogP contribution in [0, 0.1) is 11.6 Å². The second kappa shape index (κ2) is 6.31. The number of carbonyl (C=O) groups is 2. The summed E-state index contributed by atoms with van der Waals surface area (Å²) in [5, 5.41) is 6.04. The number of hydrogen-bond donors (Lipinski definition) is 1. The molecule has 0 aliphatic carbocycles. The number of ether oxygens (including phenoxy) is 1. The van der Waals surface area contributed by atoms with Crippen LogP contribution in [0.5, 0.6) is 0 Å². The number of carbonyl (C=O) groups excluding carboxylic acids is 2. The summed E-state index contributed by atoms with van der Waals surface area (Å²) >= 11 is 0. The molecule has 1 atom stereocenters. The molecule has 0 aromatic heterocycles. The SMILES string of the molecule is COC(=O)C(C)(C)NC(=O)[C@H]1CC(c2c(F)cccc2F)=NO1. The van der Waals surface area contributed by atoms with Gasteiger partial charge in [0.05, 0.1) is 18.4 Å². The van der Waals surface area contributed by atoms with E-state index in [9.17, 15) is 18.4 Å². The standard InChI is InChI=1S/C15H16F2N2O4/c1-15(2,14(21)22-3)18-13(20)11-7-10(19-23-11)12-8(16)5-4-6-9(12)17/h4-6,11H,7H2,1-3H3,(H,18,20)/t11-/m1/s1. The highest BCUT2D eigenvalue weighted by Crippen LogP contribution is 2.22. The van der Waals surface area contributed by atoms with E-state index in [1.807, 2.05) is 0 Å². The first kappa shape index (κ1) is 16.9. The summed E-state index contributed by atoms with van der Waals surface area (Å²) in [5.74, 6) is -2.84. The fourth-order valence-electron chi connectivity index (χ4n) is 2.13. The second-order valence-corrected chi connectivity index (χ2v) is 5.54. The lowest BCUT2D eigenvalue weighted by Crippen LogP contribution is -2.53. The van der Waals surface area contributed by atoms with Crippen LogP contribution >= 0.6 is 0 Å². The Balaban J connectivity index is 2.07. The quantitative estimate of drug-likeness (QED) is 0.851. The summed E-state index contributed by atoms with van der Waals surface area (Å²) in [5.41, 5.74) is -1.59. The van der Waals surface area contributed by atoms with E-state index in [1.165, 1.54) is 27.0 Å². The predicted molar refractivity (Wildman–Crippen MR) is 76.6 cm³/mol. The van der Waals surface area contributed by atoms with Crippen molar-refractivity contribution >= 4 is 17.6 Å². The third-order valence-electron chi connectivity index (χ3n) is 3.34. The van der Waals surface area contributed by atoms with Crippen molar-refractivity contribution in [2.75, 3.05) is 7.11 Å². The van der Waals surface area contributed by atoms with Crippen LogP contribution in [-0.4, -0.2) is 36.3 Å². The monoisotopic (exact) mass is 326 g/mol. The Morgan fingerprint density at radius 1 is 1.35 bits per heavy atom. The number of rotatable bonds is 4. The maximum absolute atomic E-state index is 13.7. The van der Waals surface area contributed by atoms with Crippen molar-refractivity contribution in [3.63, 3.8) is 0 Å². The molecule has 1 N–H and O–H groups in total. The van der Waals surface area contributed by atoms with Crippen LogP contribution in [0.2, 0.25) is 0 Å². The zero-order valence-electron chi connectivity index (χ0n) is 12.9. The summed E-state index contributed by atoms with van der Waals surface area (Å²) in [6, 6.07) is 3.41. The zero-order chi connectivity index (χ0) is 17.2. The molecular weight excluding hydrogens is 310 g/mol. The molecular formula is C15H16F2N2O4. The lowest BCUT2D eigenvalue weighted by Gasteiger charge is -2.24. The number of amides is 1. The summed E-state index contributed by atoms with van der Waals surface area (Å²) in [6.07, 6.45) is -1.19. The van der Waals surface area contributed by atoms with Gasteiger partial charge in [-0.25, -0.2) is 13.6 Å². The lowest BCUT2D eigenvalue weighted by molar-refractivity contribution is -0.151. The molecule has 0 saturated carbocycles. The Morgan fingerprint density at radius 3 is 2.52 bits per heavy atom. The van der Waals surface area contributed by atoms with Crippen molar-refractivity contribution < 1.29 is 27.9 Å². The molecule has 0 saturated heterocycles. The maximum Gasteiger partial charge on any atom is 0.330 e. The first-order chi connectivity index (χ1) is 10.8. The predicted octanol–water partition coefficient (Wildman–Crippen LogP) is 1.53. The van der Waals surface area contributed by atoms with E-state index in [1.54, 1.807) is 0 Å². The van der Waals surface area contributed by atoms with Crippen molar-refractivity contribution in [3.8, 4) is 0 Å². The normalized spacial score (nSPS) is 17.3. The molecule has 23 heavy (non-hydrogen) atoms. The third kappa shape index (κ3) is 3.46. The Labute approximate surface area is 131 Å². The molecule has 0 radical (unpaired) electrons. The molecule has 124 valence electrons. The van der Waals surface area contributed by atoms with Gasteiger partial charge < -0.3 is 14.9 Å². The molecule has 2 rings (SSSR count). The number of hydrogen-bond acceptors (Lipinski definition) is 5. The van der Waals surface area contributed by atoms with Gasteiger partial charge in [-0.2, -0.15) is 0 Å². The first-order valence-electron chi connectivity index (χ1n) is 6.83. The molecule has 1 heterocycles. The van der Waals surface area contributed by atoms with Crippen molar-refractivity contribution in [2.45, 2.75) is 31.9 Å². The van der Waals surface area contributed by atoms with Crippen LogP contribution in [0.4, 0.5) is 8.78 Å². The van der Waals surface area contributed by atoms with Crippen LogP contribution in [0.3, 0.4) is 0 Å². The average Bonchev–Trinajstić information content (AvgIpc) is 2.95. The smallest absolute Gasteiger partial charge is 0.330 e. The summed E-state index contributed by atoms with van der Waals surface area (Å²) in [4.78, 5) is 28.6. The number of nitrogens with zero attached hydrogens (tertiary/aromatic N) is 1. The number of nitrogens with one attached hydrogen (secondary N) is 1. The molecule has 1 aliphatic rings. The largest absolute Gasteiger partial charge is 0.467 e. The number of esters is 1. The van der Waals surface area contributed by atoms with Gasteiger partial charge in [-0.05, 0) is 26.0 Å². The van der Waals surface area contributed by atoms with Crippen LogP contribution < -0.4 is 5.32 Å². The Hall–Kier alpha value is -2.51. The topological polar surface area (TPSA) is 77.0 Å². The van der Waals surface area contributed by atoms with E-state index in [2.05, 4.69) is 15.2 Å². The summed E-state index contributed by atoms with van der Waals surface area (Å²) < 4.78 is 32.0. The van der Waals surface area contributed by atoms with Gasteiger partial charge in [0.1, 0.15) is 17.2 Å². The van der Waals surface area contributed by atoms with E-state index in [0.717, 1.165) is 12.1 Å². The van der Waals surface area contributed by atoms with Gasteiger partial charge in [0.25, 0.3) is 5.91 Å². The van der Waals surface area contributed by atoms with Gasteiger partial charge in [0.15, 0.2) is 0 Å². The number of benzene rings is 1. The highest BCUT2D eigenvalue weighted by atomic mass is 19.1. The van der Waals surface area contributed by atoms with Crippen molar-refractivity contribution in [1.82, 2.24) is 5.32 Å². The van der Waals surface area contributed by atoms with Gasteiger partial charge >= 0.3 is 5.97 Å². The summed E-state index contributed by atoms with van der Waals surface area (Å²) in [7, 11) is 1.20. The van der Waals surface area contributed by atoms with Crippen molar-refractivity contribution in [3.05, 3.63) is 35.4 Å². The van der Waals surface area contributed by atoms with Gasteiger partial charge in [-0.3, -0.25) is 4.79 Å². The lowest BCUT2D eigenvalue weighted by atomic mass is 10.0. The zero-order valence-corrected chi connectivity index (χ0v) is 12.9. The molecule has 1 aromatic rings. The van der Waals surface area contributed by atoms with Crippen molar-refractivity contribution in [2.24, 2.45) is 5.16 Å². The number of halogens is 2. The molecule has 0 bridgehead atoms. The highest BCUT2D eigenvalue weighted by molar-refractivity contribution is 6.04. The Morgan fingerprint density at radius 2 is 1.96 bits per heavy atom. The fraction of sp³-hybridized carbons (Fsp3) is 0.400. The van der Waals surface area contributed by atoms with E-state index >= 15 is 0 Å². The van der Waals surface area contributed by atoms with E-state index in [0.29, 0.717) is 0 Å². The average molecular weight is 326 g/mol. The maximum atomic E-state index is 13.7. The second-order valence-electron chi connectivity index (χ2n) is 5.54. The van der Waals surface area contributed by atoms with E-state index < -0.39 is 35.2 Å². The number of oxime groups is 1. The first-order valence-corrected chi connectivity index (χ1v) is 6.83. The van der Waals surface area contributed by atoms with Gasteiger partial charge in [0, 0.05) is 6.42 Å². The Kier molecular flexibility index (Phi) is 4.63. The van der Waals surface area contributed by atoms with Crippen LogP contribution in [0.25, 0.3) is 0 Å². The number of methoxy groups -OCH3 is 1. The van der Waals surface area contributed by atoms with Gasteiger partial charge in [-0.15, -0.1) is 0 Å². The fourth-order valence-corrected chi connectivity index (χ4v) is 2.13. The minimum absolute atomic E-state index is 0.00313. The van der Waals surface area contributed by atoms with E-state index in [-0.39, 0.29) is 17.7 Å². The highest BCUT2D eigenvalue weighted by Gasteiger charge is 2.37.